The van der Waals surface area contributed by atoms with Crippen molar-refractivity contribution in [1.82, 2.24) is 14.9 Å². The van der Waals surface area contributed by atoms with Gasteiger partial charge >= 0.3 is 0 Å². The van der Waals surface area contributed by atoms with Crippen LogP contribution in [0.3, 0.4) is 0 Å². The van der Waals surface area contributed by atoms with Crippen molar-refractivity contribution in [3.05, 3.63) is 35.4 Å². The van der Waals surface area contributed by atoms with Crippen LogP contribution in [0.5, 0.6) is 5.75 Å². The van der Waals surface area contributed by atoms with E-state index in [9.17, 15) is 9.18 Å². The fraction of sp³-hybridized carbons (Fsp3) is 0.389. The van der Waals surface area contributed by atoms with Crippen molar-refractivity contribution < 1.29 is 18.3 Å². The van der Waals surface area contributed by atoms with Crippen LogP contribution >= 0.6 is 11.3 Å². The molecular formula is C18H19FN4O3S. The highest BCUT2D eigenvalue weighted by atomic mass is 32.1. The van der Waals surface area contributed by atoms with Gasteiger partial charge in [-0.05, 0) is 6.92 Å². The van der Waals surface area contributed by atoms with Gasteiger partial charge in [-0.25, -0.2) is 0 Å². The second-order valence-electron chi connectivity index (χ2n) is 6.61. The number of furan rings is 1. The summed E-state index contributed by atoms with van der Waals surface area (Å²) in [5, 5.41) is 2.81. The zero-order valence-electron chi connectivity index (χ0n) is 14.9. The van der Waals surface area contributed by atoms with E-state index in [-0.39, 0.29) is 23.2 Å². The molecule has 1 N–H and O–H groups in total. The van der Waals surface area contributed by atoms with Crippen LogP contribution in [-0.2, 0) is 11.3 Å². The molecule has 3 aromatic heterocycles. The maximum absolute atomic E-state index is 14.1. The smallest absolute Gasteiger partial charge is 0.230 e. The van der Waals surface area contributed by atoms with Crippen molar-refractivity contribution in [2.45, 2.75) is 39.0 Å². The van der Waals surface area contributed by atoms with Gasteiger partial charge in [-0.15, -0.1) is 0 Å². The molecule has 4 heterocycles. The van der Waals surface area contributed by atoms with Crippen molar-refractivity contribution in [2.24, 2.45) is 0 Å². The Labute approximate surface area is 159 Å². The third kappa shape index (κ3) is 3.79. The summed E-state index contributed by atoms with van der Waals surface area (Å²) in [6, 6.07) is 3.82. The van der Waals surface area contributed by atoms with Crippen LogP contribution in [0, 0.1) is 5.95 Å². The number of nitrogens with zero attached hydrogens (tertiary/aromatic N) is 3. The average Bonchev–Trinajstić information content (AvgIpc) is 3.29. The number of thiazole rings is 1. The van der Waals surface area contributed by atoms with Gasteiger partial charge < -0.3 is 14.5 Å². The highest BCUT2D eigenvalue weighted by molar-refractivity contribution is 7.15. The molecule has 1 aliphatic rings. The van der Waals surface area contributed by atoms with E-state index in [0.717, 1.165) is 23.3 Å². The molecule has 0 bridgehead atoms. The number of hydrogen-bond acceptors (Lipinski definition) is 7. The lowest BCUT2D eigenvalue weighted by Gasteiger charge is -2.19. The number of carbonyl (C=O) groups is 1. The number of halogens is 1. The molecule has 1 saturated heterocycles. The van der Waals surface area contributed by atoms with Crippen LogP contribution in [0.15, 0.2) is 29.0 Å². The lowest BCUT2D eigenvalue weighted by molar-refractivity contribution is -0.114. The Bertz CT molecular complexity index is 973. The number of aromatic nitrogens is 2. The maximum Gasteiger partial charge on any atom is 0.230 e. The Morgan fingerprint density at radius 3 is 3.19 bits per heavy atom. The summed E-state index contributed by atoms with van der Waals surface area (Å²) >= 11 is 1.16. The molecule has 0 aromatic carbocycles. The van der Waals surface area contributed by atoms with Gasteiger partial charge in [-0.2, -0.15) is 9.37 Å². The van der Waals surface area contributed by atoms with E-state index >= 15 is 0 Å². The van der Waals surface area contributed by atoms with Gasteiger partial charge in [0.2, 0.25) is 11.9 Å². The van der Waals surface area contributed by atoms with Gasteiger partial charge in [0.25, 0.3) is 0 Å². The van der Waals surface area contributed by atoms with Gasteiger partial charge in [-0.1, -0.05) is 11.3 Å². The van der Waals surface area contributed by atoms with Crippen molar-refractivity contribution in [1.29, 1.82) is 0 Å². The quantitative estimate of drug-likeness (QED) is 0.719. The normalized spacial score (nSPS) is 20.3. The highest BCUT2D eigenvalue weighted by Crippen LogP contribution is 2.31. The molecule has 0 radical (unpaired) electrons. The predicted molar refractivity (Wildman–Crippen MR) is 99.3 cm³/mol. The summed E-state index contributed by atoms with van der Waals surface area (Å²) in [5.41, 5.74) is 1.39. The van der Waals surface area contributed by atoms with E-state index in [2.05, 4.69) is 27.1 Å². The van der Waals surface area contributed by atoms with Crippen LogP contribution < -0.4 is 10.1 Å². The van der Waals surface area contributed by atoms with Crippen molar-refractivity contribution >= 4 is 33.5 Å². The first kappa shape index (κ1) is 17.9. The number of fused-ring (bicyclic) bond motifs is 1. The number of rotatable bonds is 5. The molecule has 1 fully saturated rings. The summed E-state index contributed by atoms with van der Waals surface area (Å²) < 4.78 is 25.7. The summed E-state index contributed by atoms with van der Waals surface area (Å²) in [6.07, 6.45) is 4.08. The highest BCUT2D eigenvalue weighted by Gasteiger charge is 2.32. The Hall–Kier alpha value is -2.52. The van der Waals surface area contributed by atoms with Gasteiger partial charge in [0.05, 0.1) is 11.1 Å². The second kappa shape index (κ2) is 7.24. The number of amides is 1. The van der Waals surface area contributed by atoms with E-state index in [0.29, 0.717) is 29.3 Å². The molecule has 0 aliphatic carbocycles. The Balaban J connectivity index is 1.43. The molecule has 2 atom stereocenters. The number of anilines is 1. The third-order valence-corrected chi connectivity index (χ3v) is 5.48. The van der Waals surface area contributed by atoms with E-state index in [1.54, 1.807) is 24.6 Å². The Kier molecular flexibility index (Phi) is 4.79. The molecule has 0 unspecified atom stereocenters. The van der Waals surface area contributed by atoms with Gasteiger partial charge in [-0.3, -0.25) is 14.7 Å². The van der Waals surface area contributed by atoms with E-state index in [4.69, 9.17) is 9.15 Å². The standard InChI is InChI=1S/C18H19FN4O3S/c1-10-7-12(26-14-3-5-20-13-4-6-25-16(13)14)8-23(10)9-15-17(19)22-18(27-15)21-11(2)24/h3-6,10,12H,7-9H2,1-2H3,(H,21,22,24)/t10-,12+/m0/s1. The van der Waals surface area contributed by atoms with Crippen LogP contribution in [0.4, 0.5) is 9.52 Å². The fourth-order valence-electron chi connectivity index (χ4n) is 3.29. The number of likely N-dealkylation sites (tertiary alicyclic amines) is 1. The second-order valence-corrected chi connectivity index (χ2v) is 7.70. The molecule has 27 heavy (non-hydrogen) atoms. The minimum atomic E-state index is -0.535. The Morgan fingerprint density at radius 2 is 2.37 bits per heavy atom. The summed E-state index contributed by atoms with van der Waals surface area (Å²) in [6.45, 7) is 4.56. The molecule has 1 amide bonds. The van der Waals surface area contributed by atoms with Crippen molar-refractivity contribution in [2.75, 3.05) is 11.9 Å². The van der Waals surface area contributed by atoms with Gasteiger partial charge in [0, 0.05) is 50.8 Å². The Morgan fingerprint density at radius 1 is 1.52 bits per heavy atom. The van der Waals surface area contributed by atoms with Gasteiger partial charge in [0.1, 0.15) is 11.6 Å². The van der Waals surface area contributed by atoms with Crippen molar-refractivity contribution in [3.63, 3.8) is 0 Å². The third-order valence-electron chi connectivity index (χ3n) is 4.55. The molecule has 0 spiro atoms. The molecule has 4 rings (SSSR count). The summed E-state index contributed by atoms with van der Waals surface area (Å²) in [7, 11) is 0. The van der Waals surface area contributed by atoms with Crippen LogP contribution in [0.25, 0.3) is 11.1 Å². The largest absolute Gasteiger partial charge is 0.485 e. The maximum atomic E-state index is 14.1. The number of nitrogens with one attached hydrogen (secondary N) is 1. The first-order valence-electron chi connectivity index (χ1n) is 8.65. The van der Waals surface area contributed by atoms with E-state index < -0.39 is 5.95 Å². The van der Waals surface area contributed by atoms with Gasteiger partial charge in [0.15, 0.2) is 16.5 Å². The molecule has 142 valence electrons. The monoisotopic (exact) mass is 390 g/mol. The minimum absolute atomic E-state index is 0.0264. The number of pyridine rings is 1. The molecule has 7 nitrogen and oxygen atoms in total. The van der Waals surface area contributed by atoms with Crippen LogP contribution in [0.2, 0.25) is 0 Å². The van der Waals surface area contributed by atoms with Crippen molar-refractivity contribution in [3.8, 4) is 5.75 Å². The minimum Gasteiger partial charge on any atom is -0.485 e. The number of ether oxygens (including phenoxy) is 1. The average molecular weight is 390 g/mol. The zero-order chi connectivity index (χ0) is 19.0. The van der Waals surface area contributed by atoms with E-state index in [1.807, 2.05) is 0 Å². The SMILES string of the molecule is CC(=O)Nc1nc(F)c(CN2C[C@H](Oc3ccnc4ccoc34)C[C@@H]2C)s1. The topological polar surface area (TPSA) is 80.5 Å². The zero-order valence-corrected chi connectivity index (χ0v) is 15.8. The summed E-state index contributed by atoms with van der Waals surface area (Å²) in [4.78, 5) is 21.8. The fourth-order valence-corrected chi connectivity index (χ4v) is 4.21. The lowest BCUT2D eigenvalue weighted by atomic mass is 10.2. The summed E-state index contributed by atoms with van der Waals surface area (Å²) in [5.74, 6) is -0.132. The number of carbonyl (C=O) groups excluding carboxylic acids is 1. The molecule has 3 aromatic rings. The first-order chi connectivity index (χ1) is 13.0. The first-order valence-corrected chi connectivity index (χ1v) is 9.47. The number of hydrogen-bond donors (Lipinski definition) is 1. The molecule has 9 heteroatoms. The molecule has 0 saturated carbocycles. The lowest BCUT2D eigenvalue weighted by Crippen LogP contribution is -2.28. The van der Waals surface area contributed by atoms with E-state index in [1.165, 1.54) is 6.92 Å². The molecular weight excluding hydrogens is 371 g/mol. The predicted octanol–water partition coefficient (Wildman–Crippen LogP) is 3.42. The molecule has 1 aliphatic heterocycles. The van der Waals surface area contributed by atoms with Crippen LogP contribution in [-0.4, -0.2) is 39.5 Å². The van der Waals surface area contributed by atoms with Crippen LogP contribution in [0.1, 0.15) is 25.1 Å².